The van der Waals surface area contributed by atoms with Crippen LogP contribution < -0.4 is 20.4 Å². The van der Waals surface area contributed by atoms with E-state index in [1.807, 2.05) is 72.8 Å². The first-order valence-electron chi connectivity index (χ1n) is 7.63. The molecule has 0 aliphatic rings. The molecule has 0 amide bonds. The second-order valence-electron chi connectivity index (χ2n) is 5.62. The molecule has 4 aromatic carbocycles. The average Bonchev–Trinajstić information content (AvgIpc) is 2.66. The molecule has 2 unspecified atom stereocenters. The zero-order chi connectivity index (χ0) is 16.5. The van der Waals surface area contributed by atoms with Crippen molar-refractivity contribution in [3.63, 3.8) is 0 Å². The smallest absolute Gasteiger partial charge is 0.00314 e. The third kappa shape index (κ3) is 2.53. The van der Waals surface area contributed by atoms with Gasteiger partial charge in [-0.3, -0.25) is 0 Å². The van der Waals surface area contributed by atoms with Gasteiger partial charge in [-0.05, 0) is 43.3 Å². The third-order valence-electron chi connectivity index (χ3n) is 4.33. The summed E-state index contributed by atoms with van der Waals surface area (Å²) in [4.78, 5) is 23.7. The van der Waals surface area contributed by atoms with Crippen LogP contribution in [0.15, 0.2) is 72.8 Å². The van der Waals surface area contributed by atoms with E-state index in [-0.39, 0.29) is 0 Å². The lowest BCUT2D eigenvalue weighted by molar-refractivity contribution is -0.148. The maximum absolute atomic E-state index is 11.9. The molecule has 0 N–H and O–H groups in total. The summed E-state index contributed by atoms with van der Waals surface area (Å²) in [6, 6.07) is 23.9. The lowest BCUT2D eigenvalue weighted by atomic mass is 9.94. The number of hydrogen-bond acceptors (Lipinski definition) is 2. The van der Waals surface area contributed by atoms with E-state index in [0.29, 0.717) is 0 Å². The van der Waals surface area contributed by atoms with Crippen LogP contribution in [-0.4, -0.2) is 0 Å². The summed E-state index contributed by atoms with van der Waals surface area (Å²) in [5.74, 6) is 0. The highest BCUT2D eigenvalue weighted by Gasteiger charge is 2.13. The molecule has 24 heavy (non-hydrogen) atoms. The van der Waals surface area contributed by atoms with Gasteiger partial charge in [-0.25, -0.2) is 0 Å². The van der Waals surface area contributed by atoms with Crippen LogP contribution in [0.25, 0.3) is 32.7 Å². The second-order valence-corrected chi connectivity index (χ2v) is 7.11. The van der Waals surface area contributed by atoms with Crippen molar-refractivity contribution in [2.24, 2.45) is 0 Å². The largest absolute Gasteiger partial charge is 0.828 e. The lowest BCUT2D eigenvalue weighted by Gasteiger charge is -2.21. The Hall–Kier alpha value is -1.82. The summed E-state index contributed by atoms with van der Waals surface area (Å²) in [6.07, 6.45) is 0. The summed E-state index contributed by atoms with van der Waals surface area (Å²) in [6.45, 7) is 0. The monoisotopic (exact) mass is 348 g/mol. The Bertz CT molecular complexity index is 959. The molecule has 0 heterocycles. The first kappa shape index (κ1) is 15.7. The maximum Gasteiger partial charge on any atom is -0.00314 e. The van der Waals surface area contributed by atoms with Gasteiger partial charge in [0.15, 0.2) is 0 Å². The van der Waals surface area contributed by atoms with Crippen LogP contribution in [0.4, 0.5) is 0 Å². The molecule has 0 aromatic heterocycles. The summed E-state index contributed by atoms with van der Waals surface area (Å²) in [7, 11) is -1.12. The van der Waals surface area contributed by atoms with E-state index in [0.717, 1.165) is 43.3 Å². The average molecular weight is 348 g/mol. The molecule has 2 nitrogen and oxygen atoms in total. The molecule has 0 saturated carbocycles. The zero-order valence-corrected chi connectivity index (χ0v) is 14.7. The molecular formula is C20H14O2P2-2. The van der Waals surface area contributed by atoms with Crippen molar-refractivity contribution in [3.05, 3.63) is 72.8 Å². The van der Waals surface area contributed by atoms with E-state index < -0.39 is 17.6 Å². The topological polar surface area (TPSA) is 46.1 Å². The molecule has 0 radical (unpaired) electrons. The van der Waals surface area contributed by atoms with Crippen LogP contribution in [0, 0.1) is 0 Å². The predicted octanol–water partition coefficient (Wildman–Crippen LogP) is 2.82. The van der Waals surface area contributed by atoms with Crippen molar-refractivity contribution in [1.82, 2.24) is 0 Å². The van der Waals surface area contributed by atoms with Crippen molar-refractivity contribution in [2.45, 2.75) is 0 Å². The van der Waals surface area contributed by atoms with Crippen molar-refractivity contribution >= 4 is 49.8 Å². The molecule has 118 valence electrons. The highest BCUT2D eigenvalue weighted by molar-refractivity contribution is 7.40. The fraction of sp³-hybridized carbons (Fsp3) is 0. The maximum atomic E-state index is 11.9. The van der Waals surface area contributed by atoms with Gasteiger partial charge in [-0.15, -0.1) is 0 Å². The minimum absolute atomic E-state index is 0.562. The highest BCUT2D eigenvalue weighted by atomic mass is 31.1. The van der Waals surface area contributed by atoms with Crippen LogP contribution in [0.2, 0.25) is 0 Å². The summed E-state index contributed by atoms with van der Waals surface area (Å²) in [5, 5.41) is 5.78. The Morgan fingerprint density at radius 2 is 0.917 bits per heavy atom. The Morgan fingerprint density at radius 3 is 1.33 bits per heavy atom. The number of rotatable bonds is 3. The lowest BCUT2D eigenvalue weighted by Crippen LogP contribution is -2.12. The molecular weight excluding hydrogens is 334 g/mol. The first-order chi connectivity index (χ1) is 11.8. The minimum Gasteiger partial charge on any atom is -0.828 e. The van der Waals surface area contributed by atoms with E-state index in [4.69, 9.17) is 0 Å². The van der Waals surface area contributed by atoms with Crippen LogP contribution in [0.5, 0.6) is 0 Å². The van der Waals surface area contributed by atoms with Crippen LogP contribution in [-0.2, 0) is 0 Å². The summed E-state index contributed by atoms with van der Waals surface area (Å²) >= 11 is 0. The molecule has 4 heteroatoms. The summed E-state index contributed by atoms with van der Waals surface area (Å²) in [5.41, 5.74) is 1.85. The molecule has 2 atom stereocenters. The molecule has 4 aromatic rings. The second kappa shape index (κ2) is 6.59. The van der Waals surface area contributed by atoms with E-state index in [1.165, 1.54) is 0 Å². The first-order valence-corrected chi connectivity index (χ1v) is 9.45. The van der Waals surface area contributed by atoms with Gasteiger partial charge in [0.25, 0.3) is 0 Å². The quantitative estimate of drug-likeness (QED) is 0.535. The Labute approximate surface area is 143 Å². The van der Waals surface area contributed by atoms with Crippen LogP contribution in [0.3, 0.4) is 0 Å². The van der Waals surface area contributed by atoms with Gasteiger partial charge in [0.2, 0.25) is 0 Å². The Morgan fingerprint density at radius 1 is 0.500 bits per heavy atom. The SMILES string of the molecule is [O-]Pc1ccc2ccccc2c1-c1c(P[O-])ccc2ccccc12. The van der Waals surface area contributed by atoms with Gasteiger partial charge < -0.3 is 9.79 Å². The van der Waals surface area contributed by atoms with Gasteiger partial charge in [-0.1, -0.05) is 72.8 Å². The molecule has 0 aliphatic heterocycles. The molecule has 0 fully saturated rings. The van der Waals surface area contributed by atoms with E-state index in [1.54, 1.807) is 0 Å². The fourth-order valence-corrected chi connectivity index (χ4v) is 4.28. The predicted molar refractivity (Wildman–Crippen MR) is 103 cm³/mol. The zero-order valence-electron chi connectivity index (χ0n) is 12.7. The highest BCUT2D eigenvalue weighted by Crippen LogP contribution is 2.35. The summed E-state index contributed by atoms with van der Waals surface area (Å²) < 4.78 is 0. The van der Waals surface area contributed by atoms with E-state index in [2.05, 4.69) is 0 Å². The molecule has 0 spiro atoms. The van der Waals surface area contributed by atoms with Gasteiger partial charge in [-0.2, -0.15) is 17.6 Å². The van der Waals surface area contributed by atoms with Gasteiger partial charge >= 0.3 is 0 Å². The fourth-order valence-electron chi connectivity index (χ4n) is 3.25. The van der Waals surface area contributed by atoms with Gasteiger partial charge in [0.1, 0.15) is 0 Å². The minimum atomic E-state index is -0.562. The van der Waals surface area contributed by atoms with Gasteiger partial charge in [0, 0.05) is 0 Å². The molecule has 0 saturated heterocycles. The van der Waals surface area contributed by atoms with E-state index in [9.17, 15) is 9.79 Å². The van der Waals surface area contributed by atoms with Gasteiger partial charge in [0.05, 0.1) is 0 Å². The number of benzene rings is 4. The number of fused-ring (bicyclic) bond motifs is 2. The molecule has 4 rings (SSSR count). The van der Waals surface area contributed by atoms with Crippen molar-refractivity contribution in [3.8, 4) is 11.1 Å². The van der Waals surface area contributed by atoms with Crippen molar-refractivity contribution in [1.29, 1.82) is 0 Å². The molecule has 0 bridgehead atoms. The Kier molecular flexibility index (Phi) is 4.31. The van der Waals surface area contributed by atoms with Crippen molar-refractivity contribution in [2.75, 3.05) is 0 Å². The normalized spacial score (nSPS) is 12.2. The standard InChI is InChI=1S/C20H14O2P2/c21-23-17-11-9-13-5-1-3-7-15(13)19(17)20-16-8-4-2-6-14(16)10-12-18(20)24-22/h1-12,23-24H/q-2. The Balaban J connectivity index is 2.21. The van der Waals surface area contributed by atoms with E-state index >= 15 is 0 Å². The third-order valence-corrected chi connectivity index (χ3v) is 5.60. The van der Waals surface area contributed by atoms with Crippen LogP contribution >= 0.6 is 17.6 Å². The van der Waals surface area contributed by atoms with Crippen molar-refractivity contribution < 1.29 is 9.79 Å². The molecule has 0 aliphatic carbocycles. The number of hydrogen-bond donors (Lipinski definition) is 0. The van der Waals surface area contributed by atoms with Crippen LogP contribution in [0.1, 0.15) is 0 Å².